The van der Waals surface area contributed by atoms with Crippen molar-refractivity contribution in [2.45, 2.75) is 30.2 Å². The molecule has 9 heteroatoms. The van der Waals surface area contributed by atoms with Gasteiger partial charge in [-0.25, -0.2) is 8.42 Å². The highest BCUT2D eigenvalue weighted by Gasteiger charge is 2.38. The number of nitrogens with one attached hydrogen (secondary N) is 1. The number of amides is 1. The molecule has 1 saturated heterocycles. The van der Waals surface area contributed by atoms with E-state index in [9.17, 15) is 18.0 Å². The number of hydrogen-bond acceptors (Lipinski definition) is 5. The van der Waals surface area contributed by atoms with Gasteiger partial charge in [-0.05, 0) is 49.6 Å². The molecular formula is C20H21ClN2O5S. The molecule has 1 unspecified atom stereocenters. The second-order valence-corrected chi connectivity index (χ2v) is 8.93. The van der Waals surface area contributed by atoms with Crippen molar-refractivity contribution < 1.29 is 22.7 Å². The third-order valence-corrected chi connectivity index (χ3v) is 6.69. The third kappa shape index (κ3) is 5.35. The molecule has 0 saturated carbocycles. The van der Waals surface area contributed by atoms with Gasteiger partial charge in [0.15, 0.2) is 6.61 Å². The molecule has 1 aliphatic rings. The fourth-order valence-electron chi connectivity index (χ4n) is 3.15. The average molecular weight is 437 g/mol. The first-order chi connectivity index (χ1) is 13.9. The number of esters is 1. The molecule has 1 heterocycles. The van der Waals surface area contributed by atoms with E-state index in [0.717, 1.165) is 0 Å². The predicted molar refractivity (Wildman–Crippen MR) is 109 cm³/mol. The molecule has 3 rings (SSSR count). The van der Waals surface area contributed by atoms with Crippen molar-refractivity contribution in [2.24, 2.45) is 0 Å². The Morgan fingerprint density at radius 3 is 2.59 bits per heavy atom. The molecule has 0 bridgehead atoms. The average Bonchev–Trinajstić information content (AvgIpc) is 2.72. The molecule has 0 aliphatic carbocycles. The molecule has 154 valence electrons. The number of carbonyl (C=O) groups excluding carboxylic acids is 2. The van der Waals surface area contributed by atoms with Gasteiger partial charge in [0.2, 0.25) is 10.0 Å². The van der Waals surface area contributed by atoms with E-state index < -0.39 is 34.5 Å². The van der Waals surface area contributed by atoms with E-state index >= 15 is 0 Å². The lowest BCUT2D eigenvalue weighted by Crippen LogP contribution is -2.48. The maximum atomic E-state index is 12.9. The van der Waals surface area contributed by atoms with Crippen molar-refractivity contribution in [2.75, 3.05) is 18.5 Å². The molecule has 29 heavy (non-hydrogen) atoms. The first kappa shape index (κ1) is 21.3. The minimum absolute atomic E-state index is 0.124. The molecule has 1 amide bonds. The van der Waals surface area contributed by atoms with Gasteiger partial charge in [-0.2, -0.15) is 4.31 Å². The van der Waals surface area contributed by atoms with Crippen molar-refractivity contribution >= 4 is 39.2 Å². The Morgan fingerprint density at radius 2 is 1.86 bits per heavy atom. The highest BCUT2D eigenvalue weighted by atomic mass is 35.5. The molecule has 0 spiro atoms. The van der Waals surface area contributed by atoms with Crippen molar-refractivity contribution in [1.82, 2.24) is 4.31 Å². The smallest absolute Gasteiger partial charge is 0.324 e. The van der Waals surface area contributed by atoms with E-state index in [1.54, 1.807) is 42.5 Å². The lowest BCUT2D eigenvalue weighted by molar-refractivity contribution is -0.152. The lowest BCUT2D eigenvalue weighted by Gasteiger charge is -2.32. The van der Waals surface area contributed by atoms with Crippen LogP contribution in [0, 0.1) is 0 Å². The van der Waals surface area contributed by atoms with Gasteiger partial charge < -0.3 is 10.1 Å². The van der Waals surface area contributed by atoms with Crippen LogP contribution in [0.4, 0.5) is 5.69 Å². The summed E-state index contributed by atoms with van der Waals surface area (Å²) in [6, 6.07) is 13.6. The Morgan fingerprint density at radius 1 is 1.10 bits per heavy atom. The van der Waals surface area contributed by atoms with E-state index in [4.69, 9.17) is 16.3 Å². The van der Waals surface area contributed by atoms with Crippen LogP contribution in [0.1, 0.15) is 19.3 Å². The predicted octanol–water partition coefficient (Wildman–Crippen LogP) is 3.07. The number of benzene rings is 2. The molecule has 0 radical (unpaired) electrons. The number of rotatable bonds is 6. The van der Waals surface area contributed by atoms with Crippen LogP contribution in [-0.2, 0) is 24.3 Å². The molecule has 1 aliphatic heterocycles. The highest BCUT2D eigenvalue weighted by molar-refractivity contribution is 7.89. The van der Waals surface area contributed by atoms with E-state index in [1.807, 2.05) is 0 Å². The minimum Gasteiger partial charge on any atom is -0.454 e. The maximum Gasteiger partial charge on any atom is 0.324 e. The summed E-state index contributed by atoms with van der Waals surface area (Å²) in [5, 5.41) is 3.04. The van der Waals surface area contributed by atoms with Crippen LogP contribution in [0.15, 0.2) is 59.5 Å². The van der Waals surface area contributed by atoms with Gasteiger partial charge in [0.05, 0.1) is 4.90 Å². The van der Waals surface area contributed by atoms with Gasteiger partial charge >= 0.3 is 5.97 Å². The second-order valence-electron chi connectivity index (χ2n) is 6.61. The summed E-state index contributed by atoms with van der Waals surface area (Å²) >= 11 is 5.87. The molecule has 7 nitrogen and oxygen atoms in total. The number of carbonyl (C=O) groups is 2. The van der Waals surface area contributed by atoms with Gasteiger partial charge in [-0.1, -0.05) is 35.9 Å². The Labute approximate surface area is 174 Å². The number of ether oxygens (including phenoxy) is 1. The van der Waals surface area contributed by atoms with Gasteiger partial charge in [-0.15, -0.1) is 0 Å². The van der Waals surface area contributed by atoms with Crippen LogP contribution in [0.3, 0.4) is 0 Å². The van der Waals surface area contributed by atoms with Gasteiger partial charge in [0.25, 0.3) is 5.91 Å². The van der Waals surface area contributed by atoms with Crippen molar-refractivity contribution in [3.8, 4) is 0 Å². The Hall–Kier alpha value is -2.42. The molecular weight excluding hydrogens is 416 g/mol. The van der Waals surface area contributed by atoms with Crippen LogP contribution in [0.2, 0.25) is 5.02 Å². The van der Waals surface area contributed by atoms with Crippen molar-refractivity contribution in [1.29, 1.82) is 0 Å². The van der Waals surface area contributed by atoms with Crippen LogP contribution in [-0.4, -0.2) is 43.8 Å². The van der Waals surface area contributed by atoms with Gasteiger partial charge in [-0.3, -0.25) is 9.59 Å². The van der Waals surface area contributed by atoms with Crippen molar-refractivity contribution in [3.05, 3.63) is 59.6 Å². The zero-order chi connectivity index (χ0) is 20.9. The maximum absolute atomic E-state index is 12.9. The summed E-state index contributed by atoms with van der Waals surface area (Å²) in [4.78, 5) is 24.7. The summed E-state index contributed by atoms with van der Waals surface area (Å²) in [5.41, 5.74) is 0.476. The summed E-state index contributed by atoms with van der Waals surface area (Å²) in [6.07, 6.45) is 1.71. The van der Waals surface area contributed by atoms with Crippen LogP contribution in [0.25, 0.3) is 0 Å². The lowest BCUT2D eigenvalue weighted by atomic mass is 10.1. The molecule has 2 aromatic carbocycles. The number of piperidine rings is 1. The second kappa shape index (κ2) is 9.39. The number of sulfonamides is 1. The van der Waals surface area contributed by atoms with Crippen LogP contribution >= 0.6 is 11.6 Å². The highest BCUT2D eigenvalue weighted by Crippen LogP contribution is 2.26. The molecule has 1 atom stereocenters. The van der Waals surface area contributed by atoms with E-state index in [-0.39, 0.29) is 11.4 Å². The van der Waals surface area contributed by atoms with E-state index in [1.165, 1.54) is 16.4 Å². The molecule has 1 fully saturated rings. The molecule has 2 aromatic rings. The van der Waals surface area contributed by atoms with E-state index in [2.05, 4.69) is 5.32 Å². The topological polar surface area (TPSA) is 92.8 Å². The summed E-state index contributed by atoms with van der Waals surface area (Å²) in [5.74, 6) is -1.26. The Balaban J connectivity index is 1.64. The quantitative estimate of drug-likeness (QED) is 0.702. The Bertz CT molecular complexity index is 981. The zero-order valence-corrected chi connectivity index (χ0v) is 17.2. The Kier molecular flexibility index (Phi) is 6.89. The molecule has 0 aromatic heterocycles. The fraction of sp³-hybridized carbons (Fsp3) is 0.300. The van der Waals surface area contributed by atoms with Crippen LogP contribution < -0.4 is 5.32 Å². The number of nitrogens with zero attached hydrogens (tertiary/aromatic N) is 1. The largest absolute Gasteiger partial charge is 0.454 e. The van der Waals surface area contributed by atoms with Gasteiger partial charge in [0.1, 0.15) is 6.04 Å². The fourth-order valence-corrected chi connectivity index (χ4v) is 5.01. The number of hydrogen-bond donors (Lipinski definition) is 1. The number of halogens is 1. The zero-order valence-electron chi connectivity index (χ0n) is 15.6. The SMILES string of the molecule is O=C(COC(=O)C1CCCCN1S(=O)(=O)c1ccccc1)Nc1cccc(Cl)c1. The monoisotopic (exact) mass is 436 g/mol. The first-order valence-electron chi connectivity index (χ1n) is 9.17. The third-order valence-electron chi connectivity index (χ3n) is 4.53. The molecule has 1 N–H and O–H groups in total. The summed E-state index contributed by atoms with van der Waals surface area (Å²) in [6.45, 7) is -0.285. The normalized spacial score (nSPS) is 17.5. The van der Waals surface area contributed by atoms with Gasteiger partial charge in [0, 0.05) is 17.3 Å². The summed E-state index contributed by atoms with van der Waals surface area (Å²) < 4.78 is 32.2. The standard InChI is InChI=1S/C20H21ClN2O5S/c21-15-7-6-8-16(13-15)22-19(24)14-28-20(25)18-11-4-5-12-23(18)29(26,27)17-9-2-1-3-10-17/h1-3,6-10,13,18H,4-5,11-12,14H2,(H,22,24). The summed E-state index contributed by atoms with van der Waals surface area (Å²) in [7, 11) is -3.83. The minimum atomic E-state index is -3.83. The first-order valence-corrected chi connectivity index (χ1v) is 11.0. The van der Waals surface area contributed by atoms with Crippen LogP contribution in [0.5, 0.6) is 0 Å². The van der Waals surface area contributed by atoms with E-state index in [0.29, 0.717) is 30.0 Å². The number of anilines is 1. The van der Waals surface area contributed by atoms with Crippen molar-refractivity contribution in [3.63, 3.8) is 0 Å².